The second kappa shape index (κ2) is 11.3. The van der Waals surface area contributed by atoms with Crippen LogP contribution in [0.3, 0.4) is 0 Å². The van der Waals surface area contributed by atoms with Crippen molar-refractivity contribution in [3.63, 3.8) is 0 Å². The quantitative estimate of drug-likeness (QED) is 0.311. The van der Waals surface area contributed by atoms with Gasteiger partial charge in [-0.25, -0.2) is 4.68 Å². The first-order valence-corrected chi connectivity index (χ1v) is 11.9. The van der Waals surface area contributed by atoms with Crippen molar-refractivity contribution >= 4 is 11.6 Å². The third-order valence-electron chi connectivity index (χ3n) is 6.26. The van der Waals surface area contributed by atoms with Crippen molar-refractivity contribution in [3.8, 4) is 11.4 Å². The largest absolute Gasteiger partial charge is 0.506 e. The molecule has 1 aliphatic rings. The Morgan fingerprint density at radius 1 is 1.14 bits per heavy atom. The van der Waals surface area contributed by atoms with Crippen LogP contribution in [0.4, 0.5) is 5.69 Å². The number of aromatic hydroxyl groups is 1. The summed E-state index contributed by atoms with van der Waals surface area (Å²) in [4.78, 5) is 26.7. The van der Waals surface area contributed by atoms with E-state index < -0.39 is 18.1 Å². The molecule has 0 spiro atoms. The van der Waals surface area contributed by atoms with Gasteiger partial charge < -0.3 is 25.0 Å². The lowest BCUT2D eigenvalue weighted by molar-refractivity contribution is -0.143. The number of anilines is 1. The Labute approximate surface area is 209 Å². The van der Waals surface area contributed by atoms with Gasteiger partial charge in [-0.3, -0.25) is 14.3 Å². The number of amides is 1. The number of aromatic nitrogens is 2. The SMILES string of the molecule is Cc1c([C@H]2C=C(C(=O)Nc3ccccc3O)O[C@@H](OCCCCO)C2)c(=O)n(-c2ccccc2)n1C. The molecule has 0 radical (unpaired) electrons. The van der Waals surface area contributed by atoms with E-state index in [4.69, 9.17) is 14.6 Å². The minimum atomic E-state index is -0.756. The van der Waals surface area contributed by atoms with E-state index >= 15 is 0 Å². The fourth-order valence-electron chi connectivity index (χ4n) is 4.33. The maximum atomic E-state index is 13.6. The normalized spacial score (nSPS) is 17.4. The summed E-state index contributed by atoms with van der Waals surface area (Å²) in [6.45, 7) is 2.28. The molecule has 0 bridgehead atoms. The van der Waals surface area contributed by atoms with Crippen molar-refractivity contribution in [2.75, 3.05) is 18.5 Å². The Balaban J connectivity index is 1.68. The molecule has 0 saturated carbocycles. The van der Waals surface area contributed by atoms with Crippen LogP contribution in [0, 0.1) is 6.92 Å². The molecule has 2 aromatic carbocycles. The van der Waals surface area contributed by atoms with Crippen LogP contribution in [0.5, 0.6) is 5.75 Å². The number of phenolic OH excluding ortho intramolecular Hbond substituents is 1. The molecule has 0 saturated heterocycles. The standard InChI is InChI=1S/C27H31N3O6/c1-18-25(27(34)30(29(18)2)20-10-4-3-5-11-20)19-16-23(36-24(17-19)35-15-9-8-14-31)26(33)28-21-12-6-7-13-22(21)32/h3-7,10-13,16,19,24,31-32H,8-9,14-15,17H2,1-2H3,(H,28,33)/t19-,24+/m0/s1. The van der Waals surface area contributed by atoms with E-state index in [1.54, 1.807) is 33.6 Å². The summed E-state index contributed by atoms with van der Waals surface area (Å²) >= 11 is 0. The average molecular weight is 494 g/mol. The first-order chi connectivity index (χ1) is 17.4. The van der Waals surface area contributed by atoms with Crippen molar-refractivity contribution in [1.29, 1.82) is 0 Å². The number of hydrogen-bond acceptors (Lipinski definition) is 6. The number of allylic oxidation sites excluding steroid dienone is 1. The number of carbonyl (C=O) groups is 1. The molecule has 1 amide bonds. The van der Waals surface area contributed by atoms with Crippen molar-refractivity contribution in [2.24, 2.45) is 7.05 Å². The molecule has 3 N–H and O–H groups in total. The van der Waals surface area contributed by atoms with Gasteiger partial charge in [0.15, 0.2) is 5.76 Å². The minimum absolute atomic E-state index is 0.00979. The summed E-state index contributed by atoms with van der Waals surface area (Å²) in [7, 11) is 1.82. The Morgan fingerprint density at radius 2 is 1.86 bits per heavy atom. The molecule has 0 unspecified atom stereocenters. The fourth-order valence-corrected chi connectivity index (χ4v) is 4.33. The second-order valence-electron chi connectivity index (χ2n) is 8.67. The molecule has 3 aromatic rings. The molecule has 0 aliphatic carbocycles. The minimum Gasteiger partial charge on any atom is -0.506 e. The van der Waals surface area contributed by atoms with Crippen molar-refractivity contribution in [2.45, 2.75) is 38.4 Å². The first-order valence-electron chi connectivity index (χ1n) is 11.9. The van der Waals surface area contributed by atoms with E-state index in [2.05, 4.69) is 5.32 Å². The highest BCUT2D eigenvalue weighted by atomic mass is 16.7. The Kier molecular flexibility index (Phi) is 7.92. The molecule has 36 heavy (non-hydrogen) atoms. The first kappa shape index (κ1) is 25.3. The molecule has 1 aliphatic heterocycles. The molecule has 4 rings (SSSR count). The van der Waals surface area contributed by atoms with E-state index in [-0.39, 0.29) is 29.4 Å². The predicted molar refractivity (Wildman–Crippen MR) is 135 cm³/mol. The summed E-state index contributed by atoms with van der Waals surface area (Å²) in [5.74, 6) is -1.05. The number of ether oxygens (including phenoxy) is 2. The van der Waals surface area contributed by atoms with E-state index in [1.807, 2.05) is 44.3 Å². The number of hydrogen-bond donors (Lipinski definition) is 3. The van der Waals surface area contributed by atoms with Crippen LogP contribution >= 0.6 is 0 Å². The highest BCUT2D eigenvalue weighted by Crippen LogP contribution is 2.33. The average Bonchev–Trinajstić information content (AvgIpc) is 3.11. The summed E-state index contributed by atoms with van der Waals surface area (Å²) in [6.07, 6.45) is 2.46. The maximum Gasteiger partial charge on any atom is 0.290 e. The molecule has 9 heteroatoms. The molecule has 0 fully saturated rings. The Bertz CT molecular complexity index is 1290. The van der Waals surface area contributed by atoms with Crippen molar-refractivity contribution in [1.82, 2.24) is 9.36 Å². The highest BCUT2D eigenvalue weighted by molar-refractivity contribution is 6.03. The zero-order valence-electron chi connectivity index (χ0n) is 20.4. The van der Waals surface area contributed by atoms with Gasteiger partial charge in [-0.2, -0.15) is 0 Å². The molecular weight excluding hydrogens is 462 g/mol. The molecule has 2 atom stereocenters. The van der Waals surface area contributed by atoms with Crippen LogP contribution in [0.1, 0.15) is 36.4 Å². The van der Waals surface area contributed by atoms with Gasteiger partial charge in [0.05, 0.1) is 18.0 Å². The fraction of sp³-hybridized carbons (Fsp3) is 0.333. The van der Waals surface area contributed by atoms with Crippen LogP contribution in [-0.4, -0.2) is 45.0 Å². The van der Waals surface area contributed by atoms with Crippen LogP contribution in [0.2, 0.25) is 0 Å². The number of phenols is 1. The molecule has 2 heterocycles. The number of rotatable bonds is 9. The number of benzene rings is 2. The van der Waals surface area contributed by atoms with E-state index in [9.17, 15) is 14.7 Å². The number of aliphatic hydroxyl groups excluding tert-OH is 1. The zero-order valence-corrected chi connectivity index (χ0v) is 20.4. The molecule has 190 valence electrons. The Morgan fingerprint density at radius 3 is 2.58 bits per heavy atom. The lowest BCUT2D eigenvalue weighted by atomic mass is 9.93. The third-order valence-corrected chi connectivity index (χ3v) is 6.26. The van der Waals surface area contributed by atoms with E-state index in [1.165, 1.54) is 6.07 Å². The Hall–Kier alpha value is -3.82. The van der Waals surface area contributed by atoms with Crippen LogP contribution in [-0.2, 0) is 21.3 Å². The van der Waals surface area contributed by atoms with E-state index in [0.717, 1.165) is 11.4 Å². The number of unbranched alkanes of at least 4 members (excludes halogenated alkanes) is 1. The van der Waals surface area contributed by atoms with Crippen LogP contribution < -0.4 is 10.9 Å². The van der Waals surface area contributed by atoms with Gasteiger partial charge in [-0.15, -0.1) is 0 Å². The van der Waals surface area contributed by atoms with Crippen LogP contribution in [0.15, 0.2) is 71.2 Å². The second-order valence-corrected chi connectivity index (χ2v) is 8.67. The summed E-state index contributed by atoms with van der Waals surface area (Å²) < 4.78 is 15.1. The number of carbonyl (C=O) groups excluding carboxylic acids is 1. The molecule has 9 nitrogen and oxygen atoms in total. The smallest absolute Gasteiger partial charge is 0.290 e. The van der Waals surface area contributed by atoms with Gasteiger partial charge in [0.2, 0.25) is 6.29 Å². The summed E-state index contributed by atoms with van der Waals surface area (Å²) in [5, 5.41) is 21.8. The lowest BCUT2D eigenvalue weighted by Gasteiger charge is -2.29. The topological polar surface area (TPSA) is 115 Å². The number of nitrogens with one attached hydrogen (secondary N) is 1. The lowest BCUT2D eigenvalue weighted by Crippen LogP contribution is -2.31. The summed E-state index contributed by atoms with van der Waals surface area (Å²) in [5.41, 5.74) is 2.14. The summed E-state index contributed by atoms with van der Waals surface area (Å²) in [6, 6.07) is 15.8. The third kappa shape index (κ3) is 5.37. The van der Waals surface area contributed by atoms with Crippen molar-refractivity contribution in [3.05, 3.63) is 88.0 Å². The van der Waals surface area contributed by atoms with Gasteiger partial charge in [0.25, 0.3) is 11.5 Å². The van der Waals surface area contributed by atoms with Gasteiger partial charge in [-0.05, 0) is 50.1 Å². The van der Waals surface area contributed by atoms with Gasteiger partial charge in [0.1, 0.15) is 5.75 Å². The zero-order chi connectivity index (χ0) is 25.7. The highest BCUT2D eigenvalue weighted by Gasteiger charge is 2.33. The number of nitrogens with zero attached hydrogens (tertiary/aromatic N) is 2. The monoisotopic (exact) mass is 493 g/mol. The van der Waals surface area contributed by atoms with Crippen LogP contribution in [0.25, 0.3) is 5.69 Å². The number of para-hydroxylation sites is 3. The van der Waals surface area contributed by atoms with Crippen molar-refractivity contribution < 1.29 is 24.5 Å². The van der Waals surface area contributed by atoms with Gasteiger partial charge >= 0.3 is 0 Å². The van der Waals surface area contributed by atoms with Gasteiger partial charge in [-0.1, -0.05) is 30.3 Å². The maximum absolute atomic E-state index is 13.6. The predicted octanol–water partition coefficient (Wildman–Crippen LogP) is 3.33. The number of aliphatic hydroxyl groups is 1. The van der Waals surface area contributed by atoms with Gasteiger partial charge in [0, 0.05) is 37.3 Å². The molecule has 1 aromatic heterocycles. The van der Waals surface area contributed by atoms with E-state index in [0.29, 0.717) is 31.4 Å². The molecular formula is C27H31N3O6.